The van der Waals surface area contributed by atoms with Gasteiger partial charge < -0.3 is 15.2 Å². The van der Waals surface area contributed by atoms with Gasteiger partial charge in [0.1, 0.15) is 17.5 Å². The number of rotatable bonds is 11. The molecule has 1 amide bonds. The monoisotopic (exact) mass is 543 g/mol. The van der Waals surface area contributed by atoms with Crippen molar-refractivity contribution < 1.29 is 14.6 Å². The van der Waals surface area contributed by atoms with Crippen molar-refractivity contribution in [3.05, 3.63) is 72.6 Å². The van der Waals surface area contributed by atoms with E-state index in [9.17, 15) is 9.90 Å². The first-order chi connectivity index (χ1) is 19.2. The highest BCUT2D eigenvalue weighted by Gasteiger charge is 2.35. The smallest absolute Gasteiger partial charge is 0.229 e. The van der Waals surface area contributed by atoms with Crippen molar-refractivity contribution >= 4 is 29.7 Å². The minimum Gasteiger partial charge on any atom is -0.489 e. The molecule has 6 rings (SSSR count). The van der Waals surface area contributed by atoms with E-state index < -0.39 is 5.60 Å². The van der Waals surface area contributed by atoms with Gasteiger partial charge in [0.25, 0.3) is 0 Å². The Morgan fingerprint density at radius 2 is 1.93 bits per heavy atom. The molecule has 10 heteroatoms. The summed E-state index contributed by atoms with van der Waals surface area (Å²) in [6.07, 6.45) is 6.68. The maximum Gasteiger partial charge on any atom is 0.229 e. The van der Waals surface area contributed by atoms with Crippen LogP contribution in [0.2, 0.25) is 0 Å². The number of anilines is 4. The molecule has 3 aliphatic rings. The highest BCUT2D eigenvalue weighted by atomic mass is 16.5. The van der Waals surface area contributed by atoms with Gasteiger partial charge in [0.05, 0.1) is 12.2 Å². The summed E-state index contributed by atoms with van der Waals surface area (Å²) in [4.78, 5) is 28.5. The standard InChI is InChI=1S/C30H37N7O3/c1-5-15-36(20-38)37(27-8-6-7-26(33-27)30(3,4)39)28-21(2)18-31-29(34-28)32-23-9-11-24(12-10-23)40-25-19-35-16-13-22(25)14-17-35/h5-12,18,20,22,25,39H,1,13-17,19H2,2-4H3,(H,31,32,34). The minimum absolute atomic E-state index is 0.227. The second-order valence-corrected chi connectivity index (χ2v) is 10.9. The quantitative estimate of drug-likeness (QED) is 0.208. The molecular formula is C30H37N7O3. The molecular weight excluding hydrogens is 506 g/mol. The third-order valence-corrected chi connectivity index (χ3v) is 7.41. The number of ether oxygens (including phenoxy) is 1. The lowest BCUT2D eigenvalue weighted by molar-refractivity contribution is -0.117. The van der Waals surface area contributed by atoms with Crippen LogP contribution in [0.1, 0.15) is 37.9 Å². The number of aryl methyl sites for hydroxylation is 1. The molecule has 0 spiro atoms. The number of pyridine rings is 1. The number of hydrazine groups is 1. The zero-order valence-electron chi connectivity index (χ0n) is 23.3. The summed E-state index contributed by atoms with van der Waals surface area (Å²) in [5.74, 6) is 2.74. The molecule has 1 atom stereocenters. The molecule has 0 aliphatic carbocycles. The summed E-state index contributed by atoms with van der Waals surface area (Å²) in [7, 11) is 0. The van der Waals surface area contributed by atoms with E-state index in [2.05, 4.69) is 26.8 Å². The Kier molecular flexibility index (Phi) is 7.99. The molecule has 210 valence electrons. The van der Waals surface area contributed by atoms with Crippen molar-refractivity contribution in [3.63, 3.8) is 0 Å². The van der Waals surface area contributed by atoms with Crippen LogP contribution < -0.4 is 15.1 Å². The van der Waals surface area contributed by atoms with Crippen LogP contribution in [0.3, 0.4) is 0 Å². The number of aromatic nitrogens is 3. The molecule has 5 heterocycles. The Morgan fingerprint density at radius 3 is 2.55 bits per heavy atom. The van der Waals surface area contributed by atoms with Gasteiger partial charge in [0.2, 0.25) is 12.4 Å². The van der Waals surface area contributed by atoms with Gasteiger partial charge in [0.15, 0.2) is 11.6 Å². The fourth-order valence-corrected chi connectivity index (χ4v) is 5.22. The maximum absolute atomic E-state index is 12.2. The number of nitrogens with zero attached hydrogens (tertiary/aromatic N) is 6. The van der Waals surface area contributed by atoms with E-state index in [0.29, 0.717) is 35.6 Å². The van der Waals surface area contributed by atoms with Gasteiger partial charge in [-0.15, -0.1) is 6.58 Å². The van der Waals surface area contributed by atoms with E-state index in [4.69, 9.17) is 9.72 Å². The van der Waals surface area contributed by atoms with E-state index >= 15 is 0 Å². The van der Waals surface area contributed by atoms with Crippen LogP contribution in [0.15, 0.2) is 61.3 Å². The minimum atomic E-state index is -1.16. The Labute approximate surface area is 235 Å². The average molecular weight is 544 g/mol. The van der Waals surface area contributed by atoms with Gasteiger partial charge in [-0.2, -0.15) is 4.98 Å². The Morgan fingerprint density at radius 1 is 1.18 bits per heavy atom. The summed E-state index contributed by atoms with van der Waals surface area (Å²) in [5, 5.41) is 16.8. The number of hydrogen-bond donors (Lipinski definition) is 2. The molecule has 10 nitrogen and oxygen atoms in total. The summed E-state index contributed by atoms with van der Waals surface area (Å²) < 4.78 is 6.33. The molecule has 40 heavy (non-hydrogen) atoms. The molecule has 2 aromatic heterocycles. The second-order valence-electron chi connectivity index (χ2n) is 10.9. The number of amides is 1. The Hall–Kier alpha value is -4.02. The van der Waals surface area contributed by atoms with E-state index in [0.717, 1.165) is 23.5 Å². The molecule has 2 N–H and O–H groups in total. The molecule has 0 saturated carbocycles. The number of hydrogen-bond acceptors (Lipinski definition) is 9. The van der Waals surface area contributed by atoms with Crippen molar-refractivity contribution in [1.82, 2.24) is 24.9 Å². The molecule has 1 aromatic carbocycles. The fourth-order valence-electron chi connectivity index (χ4n) is 5.22. The number of fused-ring (bicyclic) bond motifs is 3. The lowest BCUT2D eigenvalue weighted by Gasteiger charge is -2.44. The van der Waals surface area contributed by atoms with Crippen LogP contribution in [0.5, 0.6) is 5.75 Å². The first-order valence-corrected chi connectivity index (χ1v) is 13.7. The van der Waals surface area contributed by atoms with Crippen molar-refractivity contribution in [2.75, 3.05) is 36.5 Å². The van der Waals surface area contributed by atoms with Gasteiger partial charge in [0, 0.05) is 24.0 Å². The predicted molar refractivity (Wildman–Crippen MR) is 155 cm³/mol. The number of aliphatic hydroxyl groups is 1. The van der Waals surface area contributed by atoms with E-state index in [1.54, 1.807) is 49.3 Å². The summed E-state index contributed by atoms with van der Waals surface area (Å²) in [6.45, 7) is 12.6. The number of carbonyl (C=O) groups is 1. The third kappa shape index (κ3) is 6.08. The summed E-state index contributed by atoms with van der Waals surface area (Å²) in [5.41, 5.74) is 0.843. The lowest BCUT2D eigenvalue weighted by atomic mass is 9.86. The van der Waals surface area contributed by atoms with Crippen molar-refractivity contribution in [2.24, 2.45) is 5.92 Å². The van der Waals surface area contributed by atoms with Gasteiger partial charge in [-0.1, -0.05) is 12.1 Å². The highest BCUT2D eigenvalue weighted by molar-refractivity contribution is 5.66. The molecule has 3 aliphatic heterocycles. The zero-order valence-corrected chi connectivity index (χ0v) is 23.3. The predicted octanol–water partition coefficient (Wildman–Crippen LogP) is 4.32. The average Bonchev–Trinajstić information content (AvgIpc) is 2.96. The summed E-state index contributed by atoms with van der Waals surface area (Å²) >= 11 is 0. The van der Waals surface area contributed by atoms with Crippen molar-refractivity contribution in [3.8, 4) is 5.75 Å². The van der Waals surface area contributed by atoms with Gasteiger partial charge >= 0.3 is 0 Å². The second kappa shape index (κ2) is 11.6. The number of benzene rings is 1. The number of piperidine rings is 3. The lowest BCUT2D eigenvalue weighted by Crippen LogP contribution is -2.52. The maximum atomic E-state index is 12.2. The van der Waals surface area contributed by atoms with Crippen LogP contribution in [0.25, 0.3) is 0 Å². The van der Waals surface area contributed by atoms with Crippen LogP contribution in [0.4, 0.5) is 23.3 Å². The molecule has 1 unspecified atom stereocenters. The molecule has 3 fully saturated rings. The summed E-state index contributed by atoms with van der Waals surface area (Å²) in [6, 6.07) is 13.1. The third-order valence-electron chi connectivity index (χ3n) is 7.41. The number of nitrogens with one attached hydrogen (secondary N) is 1. The van der Waals surface area contributed by atoms with Crippen LogP contribution in [-0.2, 0) is 10.4 Å². The normalized spacial score (nSPS) is 20.1. The topological polar surface area (TPSA) is 107 Å². The van der Waals surface area contributed by atoms with E-state index in [1.165, 1.54) is 30.9 Å². The SMILES string of the molecule is C=CCN(C=O)N(c1cccc(C(C)(C)O)n1)c1nc(Nc2ccc(OC3CN4CCC3CC4)cc2)ncc1C. The number of carbonyl (C=O) groups excluding carboxylic acids is 1. The molecule has 2 bridgehead atoms. The van der Waals surface area contributed by atoms with Crippen LogP contribution in [0, 0.1) is 12.8 Å². The van der Waals surface area contributed by atoms with E-state index in [-0.39, 0.29) is 12.6 Å². The Bertz CT molecular complexity index is 1330. The van der Waals surface area contributed by atoms with Crippen LogP contribution >= 0.6 is 0 Å². The first kappa shape index (κ1) is 27.5. The highest BCUT2D eigenvalue weighted by Crippen LogP contribution is 2.32. The van der Waals surface area contributed by atoms with Crippen molar-refractivity contribution in [2.45, 2.75) is 45.3 Å². The molecule has 0 radical (unpaired) electrons. The fraction of sp³-hybridized carbons (Fsp3) is 0.400. The Balaban J connectivity index is 1.39. The van der Waals surface area contributed by atoms with Crippen LogP contribution in [-0.4, -0.2) is 68.7 Å². The first-order valence-electron chi connectivity index (χ1n) is 13.7. The molecule has 3 aromatic rings. The van der Waals surface area contributed by atoms with E-state index in [1.807, 2.05) is 31.2 Å². The largest absolute Gasteiger partial charge is 0.489 e. The molecule has 3 saturated heterocycles. The van der Waals surface area contributed by atoms with Gasteiger partial charge in [-0.3, -0.25) is 9.69 Å². The van der Waals surface area contributed by atoms with Gasteiger partial charge in [-0.05, 0) is 89.0 Å². The van der Waals surface area contributed by atoms with Crippen molar-refractivity contribution in [1.29, 1.82) is 0 Å². The zero-order chi connectivity index (χ0) is 28.3. The van der Waals surface area contributed by atoms with Gasteiger partial charge in [-0.25, -0.2) is 20.0 Å².